The number of ether oxygens (including phenoxy) is 1. The zero-order valence-electron chi connectivity index (χ0n) is 17.0. The van der Waals surface area contributed by atoms with Crippen molar-refractivity contribution in [1.82, 2.24) is 5.32 Å². The number of aliphatic carboxylic acids is 1. The monoisotopic (exact) mass is 413 g/mol. The molecule has 2 aliphatic rings. The van der Waals surface area contributed by atoms with Gasteiger partial charge in [-0.1, -0.05) is 78.9 Å². The van der Waals surface area contributed by atoms with Gasteiger partial charge in [0.05, 0.1) is 0 Å². The average molecular weight is 413 g/mol. The lowest BCUT2D eigenvalue weighted by Crippen LogP contribution is -2.49. The number of nitrogens with one attached hydrogen (secondary N) is 1. The SMILES string of the molecule is O=C(N[C@H](C(=O)O)C1(c2ccccc2)CC1)OCC1c2ccccc2-c2ccccc21. The van der Waals surface area contributed by atoms with Gasteiger partial charge in [0.25, 0.3) is 0 Å². The van der Waals surface area contributed by atoms with Crippen molar-refractivity contribution in [2.24, 2.45) is 0 Å². The van der Waals surface area contributed by atoms with Crippen LogP contribution >= 0.6 is 0 Å². The Labute approximate surface area is 180 Å². The largest absolute Gasteiger partial charge is 0.480 e. The molecule has 156 valence electrons. The molecule has 0 aromatic heterocycles. The van der Waals surface area contributed by atoms with Gasteiger partial charge in [-0.25, -0.2) is 9.59 Å². The van der Waals surface area contributed by atoms with Crippen molar-refractivity contribution in [3.63, 3.8) is 0 Å². The number of carboxylic acids is 1. The number of amides is 1. The molecule has 5 nitrogen and oxygen atoms in total. The summed E-state index contributed by atoms with van der Waals surface area (Å²) in [5.41, 5.74) is 4.90. The van der Waals surface area contributed by atoms with Crippen LogP contribution in [0.5, 0.6) is 0 Å². The second-order valence-corrected chi connectivity index (χ2v) is 8.26. The van der Waals surface area contributed by atoms with Crippen molar-refractivity contribution in [1.29, 1.82) is 0 Å². The van der Waals surface area contributed by atoms with E-state index >= 15 is 0 Å². The number of hydrogen-bond acceptors (Lipinski definition) is 3. The number of fused-ring (bicyclic) bond motifs is 3. The molecule has 2 aliphatic carbocycles. The van der Waals surface area contributed by atoms with Crippen molar-refractivity contribution in [3.05, 3.63) is 95.6 Å². The summed E-state index contributed by atoms with van der Waals surface area (Å²) >= 11 is 0. The third-order valence-corrected chi connectivity index (χ3v) is 6.54. The quantitative estimate of drug-likeness (QED) is 0.614. The summed E-state index contributed by atoms with van der Waals surface area (Å²) in [7, 11) is 0. The van der Waals surface area contributed by atoms with E-state index in [0.29, 0.717) is 0 Å². The second kappa shape index (κ2) is 7.58. The maximum atomic E-state index is 12.6. The maximum Gasteiger partial charge on any atom is 0.407 e. The highest BCUT2D eigenvalue weighted by molar-refractivity contribution is 5.83. The van der Waals surface area contributed by atoms with E-state index in [-0.39, 0.29) is 12.5 Å². The molecule has 1 saturated carbocycles. The molecule has 0 bridgehead atoms. The zero-order valence-corrected chi connectivity index (χ0v) is 17.0. The Bertz CT molecular complexity index is 1090. The minimum absolute atomic E-state index is 0.0644. The number of alkyl carbamates (subject to hydrolysis) is 1. The van der Waals surface area contributed by atoms with Crippen molar-refractivity contribution < 1.29 is 19.4 Å². The molecular weight excluding hydrogens is 390 g/mol. The van der Waals surface area contributed by atoms with Gasteiger partial charge in [-0.05, 0) is 40.7 Å². The van der Waals surface area contributed by atoms with E-state index < -0.39 is 23.5 Å². The van der Waals surface area contributed by atoms with Gasteiger partial charge in [0.15, 0.2) is 0 Å². The fourth-order valence-corrected chi connectivity index (χ4v) is 4.84. The molecular formula is C26H23NO4. The molecule has 5 heteroatoms. The van der Waals surface area contributed by atoms with Gasteiger partial charge in [-0.2, -0.15) is 0 Å². The van der Waals surface area contributed by atoms with Crippen LogP contribution in [0.4, 0.5) is 4.79 Å². The minimum atomic E-state index is -1.05. The van der Waals surface area contributed by atoms with Crippen molar-refractivity contribution >= 4 is 12.1 Å². The first kappa shape index (κ1) is 19.4. The van der Waals surface area contributed by atoms with Crippen LogP contribution in [0.2, 0.25) is 0 Å². The van der Waals surface area contributed by atoms with Gasteiger partial charge >= 0.3 is 12.1 Å². The summed E-state index contributed by atoms with van der Waals surface area (Å²) < 4.78 is 5.57. The van der Waals surface area contributed by atoms with E-state index in [0.717, 1.165) is 40.7 Å². The Kier molecular flexibility index (Phi) is 4.74. The van der Waals surface area contributed by atoms with Crippen LogP contribution in [0.25, 0.3) is 11.1 Å². The molecule has 0 spiro atoms. The van der Waals surface area contributed by atoms with Crippen molar-refractivity contribution in [3.8, 4) is 11.1 Å². The van der Waals surface area contributed by atoms with Gasteiger partial charge in [0.2, 0.25) is 0 Å². The topological polar surface area (TPSA) is 75.6 Å². The van der Waals surface area contributed by atoms with Crippen LogP contribution in [0, 0.1) is 0 Å². The molecule has 31 heavy (non-hydrogen) atoms. The third-order valence-electron chi connectivity index (χ3n) is 6.54. The van der Waals surface area contributed by atoms with E-state index in [9.17, 15) is 14.7 Å². The second-order valence-electron chi connectivity index (χ2n) is 8.26. The van der Waals surface area contributed by atoms with Gasteiger partial charge in [0.1, 0.15) is 12.6 Å². The van der Waals surface area contributed by atoms with Crippen LogP contribution in [0.1, 0.15) is 35.4 Å². The van der Waals surface area contributed by atoms with Crippen molar-refractivity contribution in [2.45, 2.75) is 30.2 Å². The standard InChI is InChI=1S/C26H23NO4/c28-24(29)23(26(14-15-26)17-8-2-1-3-9-17)27-25(30)31-16-22-20-12-6-4-10-18(20)19-11-5-7-13-21(19)22/h1-13,22-23H,14-16H2,(H,27,30)(H,28,29)/t23-/m1/s1. The van der Waals surface area contributed by atoms with Crippen LogP contribution in [0.3, 0.4) is 0 Å². The van der Waals surface area contributed by atoms with Gasteiger partial charge in [-0.3, -0.25) is 0 Å². The number of carbonyl (C=O) groups excluding carboxylic acids is 1. The zero-order chi connectivity index (χ0) is 21.4. The highest BCUT2D eigenvalue weighted by Gasteiger charge is 2.54. The minimum Gasteiger partial charge on any atom is -0.480 e. The number of hydrogen-bond donors (Lipinski definition) is 2. The fraction of sp³-hybridized carbons (Fsp3) is 0.231. The summed E-state index contributed by atoms with van der Waals surface area (Å²) in [6, 6.07) is 24.7. The van der Waals surface area contributed by atoms with Gasteiger partial charge in [-0.15, -0.1) is 0 Å². The predicted molar refractivity (Wildman–Crippen MR) is 117 cm³/mol. The number of carbonyl (C=O) groups is 2. The lowest BCUT2D eigenvalue weighted by Gasteiger charge is -2.25. The Hall–Kier alpha value is -3.60. The molecule has 2 N–H and O–H groups in total. The van der Waals surface area contributed by atoms with Gasteiger partial charge < -0.3 is 15.2 Å². The van der Waals surface area contributed by atoms with Gasteiger partial charge in [0, 0.05) is 11.3 Å². The maximum absolute atomic E-state index is 12.6. The van der Waals surface area contributed by atoms with E-state index in [1.165, 1.54) is 0 Å². The molecule has 0 saturated heterocycles. The van der Waals surface area contributed by atoms with E-state index in [1.54, 1.807) is 0 Å². The van der Waals surface area contributed by atoms with E-state index in [4.69, 9.17) is 4.74 Å². The first-order chi connectivity index (χ1) is 15.1. The molecule has 1 atom stereocenters. The van der Waals surface area contributed by atoms with Crippen LogP contribution in [-0.4, -0.2) is 29.8 Å². The summed E-state index contributed by atoms with van der Waals surface area (Å²) in [6.07, 6.45) is 0.742. The Morgan fingerprint density at radius 2 is 1.45 bits per heavy atom. The Morgan fingerprint density at radius 3 is 2.00 bits per heavy atom. The lowest BCUT2D eigenvalue weighted by atomic mass is 9.88. The molecule has 0 radical (unpaired) electrons. The molecule has 0 aliphatic heterocycles. The number of carboxylic acid groups (broad SMARTS) is 1. The first-order valence-corrected chi connectivity index (χ1v) is 10.5. The molecule has 3 aromatic rings. The van der Waals surface area contributed by atoms with Crippen LogP contribution in [0.15, 0.2) is 78.9 Å². The molecule has 0 unspecified atom stereocenters. The van der Waals surface area contributed by atoms with E-state index in [1.807, 2.05) is 54.6 Å². The normalized spacial score (nSPS) is 16.6. The molecule has 1 amide bonds. The lowest BCUT2D eigenvalue weighted by molar-refractivity contribution is -0.140. The molecule has 0 heterocycles. The average Bonchev–Trinajstić information content (AvgIpc) is 3.54. The number of benzene rings is 3. The summed E-state index contributed by atoms with van der Waals surface area (Å²) in [5, 5.41) is 12.5. The smallest absolute Gasteiger partial charge is 0.407 e. The third kappa shape index (κ3) is 3.36. The highest BCUT2D eigenvalue weighted by atomic mass is 16.5. The van der Waals surface area contributed by atoms with Crippen LogP contribution in [-0.2, 0) is 14.9 Å². The van der Waals surface area contributed by atoms with Crippen molar-refractivity contribution in [2.75, 3.05) is 6.61 Å². The summed E-state index contributed by atoms with van der Waals surface area (Å²) in [4.78, 5) is 24.7. The summed E-state index contributed by atoms with van der Waals surface area (Å²) in [6.45, 7) is 0.157. The highest BCUT2D eigenvalue weighted by Crippen LogP contribution is 2.51. The first-order valence-electron chi connectivity index (χ1n) is 10.5. The fourth-order valence-electron chi connectivity index (χ4n) is 4.84. The van der Waals surface area contributed by atoms with E-state index in [2.05, 4.69) is 29.6 Å². The summed E-state index contributed by atoms with van der Waals surface area (Å²) in [5.74, 6) is -1.11. The Morgan fingerprint density at radius 1 is 0.903 bits per heavy atom. The number of rotatable bonds is 6. The Balaban J connectivity index is 1.32. The predicted octanol–water partition coefficient (Wildman–Crippen LogP) is 4.71. The molecule has 5 rings (SSSR count). The molecule has 1 fully saturated rings. The molecule has 3 aromatic carbocycles. The van der Waals surface area contributed by atoms with Crippen LogP contribution < -0.4 is 5.32 Å².